The predicted octanol–water partition coefficient (Wildman–Crippen LogP) is 4.16. The lowest BCUT2D eigenvalue weighted by atomic mass is 10.1. The molecule has 0 radical (unpaired) electrons. The molecule has 0 saturated carbocycles. The van der Waals surface area contributed by atoms with Gasteiger partial charge in [-0.1, -0.05) is 12.1 Å². The van der Waals surface area contributed by atoms with Gasteiger partial charge in [-0.2, -0.15) is 0 Å². The number of fused-ring (bicyclic) bond motifs is 1. The van der Waals surface area contributed by atoms with Crippen LogP contribution in [0.3, 0.4) is 0 Å². The van der Waals surface area contributed by atoms with Crippen molar-refractivity contribution in [2.75, 3.05) is 0 Å². The molecule has 1 atom stereocenters. The van der Waals surface area contributed by atoms with E-state index in [1.807, 2.05) is 13.1 Å². The van der Waals surface area contributed by atoms with E-state index in [2.05, 4.69) is 59.5 Å². The summed E-state index contributed by atoms with van der Waals surface area (Å²) in [4.78, 5) is 10.2. The van der Waals surface area contributed by atoms with E-state index in [4.69, 9.17) is 0 Å². The van der Waals surface area contributed by atoms with E-state index >= 15 is 0 Å². The first-order valence-corrected chi connectivity index (χ1v) is 7.95. The highest BCUT2D eigenvalue weighted by Crippen LogP contribution is 2.20. The molecule has 108 valence electrons. The first-order chi connectivity index (χ1) is 10.1. The van der Waals surface area contributed by atoms with Crippen LogP contribution in [-0.2, 0) is 6.54 Å². The van der Waals surface area contributed by atoms with Gasteiger partial charge in [-0.3, -0.25) is 4.98 Å². The van der Waals surface area contributed by atoms with Gasteiger partial charge in [-0.25, -0.2) is 4.98 Å². The van der Waals surface area contributed by atoms with Crippen LogP contribution in [0.15, 0.2) is 36.5 Å². The molecular formula is C17H19N3S. The number of thiazole rings is 1. The van der Waals surface area contributed by atoms with Crippen molar-refractivity contribution in [3.05, 3.63) is 57.7 Å². The molecule has 0 fully saturated rings. The van der Waals surface area contributed by atoms with Gasteiger partial charge in [0.05, 0.1) is 11.6 Å². The molecule has 3 nitrogen and oxygen atoms in total. The second kappa shape index (κ2) is 5.92. The van der Waals surface area contributed by atoms with E-state index in [1.54, 1.807) is 11.3 Å². The zero-order valence-electron chi connectivity index (χ0n) is 12.6. The van der Waals surface area contributed by atoms with E-state index in [9.17, 15) is 0 Å². The average molecular weight is 297 g/mol. The Balaban J connectivity index is 1.71. The molecule has 1 unspecified atom stereocenters. The van der Waals surface area contributed by atoms with Crippen LogP contribution in [0.5, 0.6) is 0 Å². The minimum Gasteiger partial charge on any atom is -0.304 e. The first kappa shape index (κ1) is 14.2. The van der Waals surface area contributed by atoms with Crippen molar-refractivity contribution in [3.63, 3.8) is 0 Å². The second-order valence-electron chi connectivity index (χ2n) is 5.39. The normalized spacial score (nSPS) is 12.7. The van der Waals surface area contributed by atoms with Crippen LogP contribution in [0.1, 0.15) is 34.1 Å². The maximum Gasteiger partial charge on any atom is 0.109 e. The Bertz CT molecular complexity index is 764. The van der Waals surface area contributed by atoms with Crippen molar-refractivity contribution in [1.82, 2.24) is 15.3 Å². The maximum absolute atomic E-state index is 4.53. The quantitative estimate of drug-likeness (QED) is 0.786. The third kappa shape index (κ3) is 3.28. The summed E-state index contributed by atoms with van der Waals surface area (Å²) < 4.78 is 0. The average Bonchev–Trinajstić information content (AvgIpc) is 2.91. The molecule has 0 aliphatic carbocycles. The van der Waals surface area contributed by atoms with Crippen LogP contribution in [0, 0.1) is 13.8 Å². The molecule has 0 amide bonds. The van der Waals surface area contributed by atoms with Crippen molar-refractivity contribution in [3.8, 4) is 0 Å². The molecule has 3 rings (SSSR count). The number of nitrogens with one attached hydrogen (secondary N) is 1. The lowest BCUT2D eigenvalue weighted by Gasteiger charge is -2.11. The Morgan fingerprint density at radius 2 is 2.05 bits per heavy atom. The fraction of sp³-hybridized carbons (Fsp3) is 0.294. The van der Waals surface area contributed by atoms with Gasteiger partial charge in [-0.15, -0.1) is 11.3 Å². The lowest BCUT2D eigenvalue weighted by Crippen LogP contribution is -2.17. The summed E-state index contributed by atoms with van der Waals surface area (Å²) in [5, 5.41) is 5.87. The molecule has 3 aromatic rings. The van der Waals surface area contributed by atoms with E-state index in [1.165, 1.54) is 15.8 Å². The number of pyridine rings is 1. The number of nitrogens with zero attached hydrogens (tertiary/aromatic N) is 2. The van der Waals surface area contributed by atoms with Gasteiger partial charge < -0.3 is 5.32 Å². The number of hydrogen-bond donors (Lipinski definition) is 1. The Labute approximate surface area is 129 Å². The molecule has 2 heterocycles. The summed E-state index contributed by atoms with van der Waals surface area (Å²) in [6, 6.07) is 10.9. The van der Waals surface area contributed by atoms with Crippen LogP contribution in [0.4, 0.5) is 0 Å². The SMILES string of the molecule is Cc1ccc2cc(CNC(C)c3ncc(C)s3)ccc2n1. The molecule has 0 spiro atoms. The molecule has 0 aliphatic heterocycles. The third-order valence-corrected chi connectivity index (χ3v) is 4.61. The lowest BCUT2D eigenvalue weighted by molar-refractivity contribution is 0.572. The van der Waals surface area contributed by atoms with E-state index in [-0.39, 0.29) is 6.04 Å². The van der Waals surface area contributed by atoms with Crippen LogP contribution < -0.4 is 5.32 Å². The maximum atomic E-state index is 4.53. The molecule has 0 bridgehead atoms. The second-order valence-corrected chi connectivity index (χ2v) is 6.66. The number of aryl methyl sites for hydroxylation is 2. The number of aromatic nitrogens is 2. The van der Waals surface area contributed by atoms with Crippen molar-refractivity contribution in [2.24, 2.45) is 0 Å². The van der Waals surface area contributed by atoms with Gasteiger partial charge in [0.2, 0.25) is 0 Å². The summed E-state index contributed by atoms with van der Waals surface area (Å²) in [6.45, 7) is 7.10. The minimum atomic E-state index is 0.274. The van der Waals surface area contributed by atoms with Crippen molar-refractivity contribution in [2.45, 2.75) is 33.4 Å². The van der Waals surface area contributed by atoms with E-state index < -0.39 is 0 Å². The van der Waals surface area contributed by atoms with Gasteiger partial charge >= 0.3 is 0 Å². The number of benzene rings is 1. The largest absolute Gasteiger partial charge is 0.304 e. The van der Waals surface area contributed by atoms with Crippen LogP contribution in [0.25, 0.3) is 10.9 Å². The Hall–Kier alpha value is -1.78. The topological polar surface area (TPSA) is 37.8 Å². The highest BCUT2D eigenvalue weighted by atomic mass is 32.1. The smallest absolute Gasteiger partial charge is 0.109 e. The number of hydrogen-bond acceptors (Lipinski definition) is 4. The van der Waals surface area contributed by atoms with Gasteiger partial charge in [0.25, 0.3) is 0 Å². The highest BCUT2D eigenvalue weighted by Gasteiger charge is 2.08. The Morgan fingerprint density at radius 3 is 2.81 bits per heavy atom. The van der Waals surface area contributed by atoms with Crippen molar-refractivity contribution in [1.29, 1.82) is 0 Å². The monoisotopic (exact) mass is 297 g/mol. The highest BCUT2D eigenvalue weighted by molar-refractivity contribution is 7.11. The Kier molecular flexibility index (Phi) is 3.99. The molecule has 0 aliphatic rings. The van der Waals surface area contributed by atoms with Gasteiger partial charge in [0.15, 0.2) is 0 Å². The summed E-state index contributed by atoms with van der Waals surface area (Å²) in [5.74, 6) is 0. The molecule has 1 N–H and O–H groups in total. The zero-order valence-corrected chi connectivity index (χ0v) is 13.4. The van der Waals surface area contributed by atoms with Gasteiger partial charge in [0.1, 0.15) is 5.01 Å². The molecule has 4 heteroatoms. The summed E-state index contributed by atoms with van der Waals surface area (Å²) in [6.07, 6.45) is 1.93. The Morgan fingerprint density at radius 1 is 1.19 bits per heavy atom. The summed E-state index contributed by atoms with van der Waals surface area (Å²) in [7, 11) is 0. The standard InChI is InChI=1S/C17H19N3S/c1-11-4-6-15-8-14(5-7-16(15)20-11)10-18-13(3)17-19-9-12(2)21-17/h4-9,13,18H,10H2,1-3H3. The minimum absolute atomic E-state index is 0.274. The van der Waals surface area contributed by atoms with Crippen molar-refractivity contribution >= 4 is 22.2 Å². The summed E-state index contributed by atoms with van der Waals surface area (Å²) >= 11 is 1.75. The fourth-order valence-corrected chi connectivity index (χ4v) is 3.12. The van der Waals surface area contributed by atoms with E-state index in [0.717, 1.165) is 22.8 Å². The molecule has 0 saturated heterocycles. The molecule has 1 aromatic carbocycles. The molecule has 21 heavy (non-hydrogen) atoms. The van der Waals surface area contributed by atoms with Crippen LogP contribution in [0.2, 0.25) is 0 Å². The third-order valence-electron chi connectivity index (χ3n) is 3.51. The van der Waals surface area contributed by atoms with E-state index in [0.29, 0.717) is 0 Å². The van der Waals surface area contributed by atoms with Crippen molar-refractivity contribution < 1.29 is 0 Å². The first-order valence-electron chi connectivity index (χ1n) is 7.14. The zero-order chi connectivity index (χ0) is 14.8. The molecular weight excluding hydrogens is 278 g/mol. The van der Waals surface area contributed by atoms with Crippen LogP contribution in [-0.4, -0.2) is 9.97 Å². The van der Waals surface area contributed by atoms with Crippen LogP contribution >= 0.6 is 11.3 Å². The number of rotatable bonds is 4. The fourth-order valence-electron chi connectivity index (χ4n) is 2.32. The predicted molar refractivity (Wildman–Crippen MR) is 88.6 cm³/mol. The van der Waals surface area contributed by atoms with Gasteiger partial charge in [-0.05, 0) is 44.5 Å². The van der Waals surface area contributed by atoms with Gasteiger partial charge in [0, 0.05) is 28.7 Å². The molecule has 2 aromatic heterocycles. The summed E-state index contributed by atoms with van der Waals surface area (Å²) in [5.41, 5.74) is 3.39.